The third kappa shape index (κ3) is 5.97. The summed E-state index contributed by atoms with van der Waals surface area (Å²) in [4.78, 5) is 42.1. The van der Waals surface area contributed by atoms with Crippen LogP contribution < -0.4 is 15.8 Å². The number of rotatable bonds is 15. The molecule has 4 rings (SSSR count). The van der Waals surface area contributed by atoms with E-state index in [1.807, 2.05) is 0 Å². The first-order chi connectivity index (χ1) is 19.2. The number of unbranched alkanes of at least 4 members (excludes halogenated alkanes) is 2. The van der Waals surface area contributed by atoms with Crippen molar-refractivity contribution in [2.45, 2.75) is 92.0 Å². The van der Waals surface area contributed by atoms with Gasteiger partial charge in [-0.1, -0.05) is 53.9 Å². The van der Waals surface area contributed by atoms with Crippen molar-refractivity contribution in [3.8, 4) is 0 Å². The lowest BCUT2D eigenvalue weighted by Crippen LogP contribution is -2.54. The van der Waals surface area contributed by atoms with Crippen molar-refractivity contribution in [2.24, 2.45) is 28.6 Å². The predicted octanol–water partition coefficient (Wildman–Crippen LogP) is 3.63. The standard InChI is InChI=1S/C29H49N7O4/c1-6-8-9-11-21(18-36(39)19-37)25(38)29-22(28(29,4)5)13-12-20(3)24(29)33-34-26-30-23(10-7-2)31-27(32-26)35-14-16-40-17-15-35/h19-22,24,33,39H,6-18H2,1-5H3,(H,30,31,32,34)/t20?,21-,22?,24?,29?/m1/s1. The Morgan fingerprint density at radius 2 is 1.93 bits per heavy atom. The van der Waals surface area contributed by atoms with E-state index in [9.17, 15) is 14.8 Å². The summed E-state index contributed by atoms with van der Waals surface area (Å²) in [5.74, 6) is 2.05. The molecule has 3 fully saturated rings. The lowest BCUT2D eigenvalue weighted by atomic mass is 9.70. The van der Waals surface area contributed by atoms with Crippen molar-refractivity contribution >= 4 is 24.1 Å². The molecule has 4 unspecified atom stereocenters. The van der Waals surface area contributed by atoms with Crippen LogP contribution >= 0.6 is 0 Å². The summed E-state index contributed by atoms with van der Waals surface area (Å²) in [6.07, 6.45) is 7.68. The average molecular weight is 560 g/mol. The molecule has 11 nitrogen and oxygen atoms in total. The van der Waals surface area contributed by atoms with Gasteiger partial charge < -0.3 is 9.64 Å². The van der Waals surface area contributed by atoms with E-state index >= 15 is 0 Å². The Labute approximate surface area is 238 Å². The van der Waals surface area contributed by atoms with Gasteiger partial charge in [0, 0.05) is 31.5 Å². The zero-order chi connectivity index (χ0) is 28.9. The maximum Gasteiger partial charge on any atom is 0.242 e. The van der Waals surface area contributed by atoms with Crippen molar-refractivity contribution in [1.82, 2.24) is 25.4 Å². The Hall–Kier alpha value is -2.37. The second-order valence-corrected chi connectivity index (χ2v) is 12.5. The summed E-state index contributed by atoms with van der Waals surface area (Å²) >= 11 is 0. The highest BCUT2D eigenvalue weighted by Crippen LogP contribution is 2.76. The number of morpholine rings is 1. The number of fused-ring (bicyclic) bond motifs is 1. The fourth-order valence-corrected chi connectivity index (χ4v) is 7.45. The van der Waals surface area contributed by atoms with Crippen molar-refractivity contribution in [2.75, 3.05) is 43.2 Å². The molecule has 0 bridgehead atoms. The van der Waals surface area contributed by atoms with E-state index in [1.165, 1.54) is 0 Å². The maximum absolute atomic E-state index is 14.5. The van der Waals surface area contributed by atoms with E-state index in [2.05, 4.69) is 55.4 Å². The summed E-state index contributed by atoms with van der Waals surface area (Å²) in [7, 11) is 0. The fraction of sp³-hybridized carbons (Fsp3) is 0.828. The van der Waals surface area contributed by atoms with Crippen LogP contribution in [-0.4, -0.2) is 76.3 Å². The number of aromatic nitrogens is 3. The number of ether oxygens (including phenoxy) is 1. The number of hydroxylamine groups is 2. The highest BCUT2D eigenvalue weighted by molar-refractivity contribution is 5.93. The lowest BCUT2D eigenvalue weighted by molar-refractivity contribution is -0.156. The number of carbonyl (C=O) groups excluding carboxylic acids is 2. The van der Waals surface area contributed by atoms with Crippen LogP contribution in [0.5, 0.6) is 0 Å². The quantitative estimate of drug-likeness (QED) is 0.127. The number of hydrogen-bond acceptors (Lipinski definition) is 10. The Balaban J connectivity index is 1.60. The van der Waals surface area contributed by atoms with E-state index in [1.54, 1.807) is 0 Å². The number of carbonyl (C=O) groups is 2. The third-order valence-corrected chi connectivity index (χ3v) is 9.61. The molecule has 2 saturated carbocycles. The van der Waals surface area contributed by atoms with Gasteiger partial charge in [0.05, 0.1) is 25.2 Å². The number of nitrogens with one attached hydrogen (secondary N) is 2. The first kappa shape index (κ1) is 30.6. The van der Waals surface area contributed by atoms with Crippen molar-refractivity contribution in [3.05, 3.63) is 5.82 Å². The molecular formula is C29H49N7O4. The molecule has 3 N–H and O–H groups in total. The number of amides is 1. The SMILES string of the molecule is CCCCC[C@H](CN(O)C=O)C(=O)C12C(NNc3nc(CCC)nc(N4CCOCC4)n3)C(C)CCC1C2(C)C. The van der Waals surface area contributed by atoms with E-state index in [-0.39, 0.29) is 35.6 Å². The number of ketones is 1. The van der Waals surface area contributed by atoms with Crippen LogP contribution in [0.1, 0.15) is 85.4 Å². The molecule has 1 amide bonds. The summed E-state index contributed by atoms with van der Waals surface area (Å²) in [5, 5.41) is 10.7. The lowest BCUT2D eigenvalue weighted by Gasteiger charge is -2.39. The van der Waals surface area contributed by atoms with Gasteiger partial charge in [0.1, 0.15) is 11.6 Å². The van der Waals surface area contributed by atoms with Gasteiger partial charge in [0.25, 0.3) is 0 Å². The Kier molecular flexibility index (Phi) is 10.00. The molecule has 0 radical (unpaired) electrons. The minimum Gasteiger partial charge on any atom is -0.378 e. The van der Waals surface area contributed by atoms with Crippen molar-refractivity contribution < 1.29 is 19.5 Å². The van der Waals surface area contributed by atoms with E-state index < -0.39 is 11.3 Å². The molecule has 1 saturated heterocycles. The van der Waals surface area contributed by atoms with Crippen LogP contribution in [0.25, 0.3) is 0 Å². The first-order valence-corrected chi connectivity index (χ1v) is 15.2. The van der Waals surface area contributed by atoms with Gasteiger partial charge in [-0.3, -0.25) is 20.2 Å². The number of aryl methyl sites for hydroxylation is 1. The molecule has 1 aromatic heterocycles. The second kappa shape index (κ2) is 13.1. The molecule has 0 aromatic carbocycles. The van der Waals surface area contributed by atoms with E-state index in [4.69, 9.17) is 14.7 Å². The molecule has 224 valence electrons. The highest BCUT2D eigenvalue weighted by Gasteiger charge is 2.79. The molecule has 1 aliphatic heterocycles. The Morgan fingerprint density at radius 1 is 1.18 bits per heavy atom. The van der Waals surface area contributed by atoms with Gasteiger partial charge in [-0.2, -0.15) is 15.0 Å². The summed E-state index contributed by atoms with van der Waals surface area (Å²) in [6, 6.07) is -0.149. The Morgan fingerprint density at radius 3 is 2.60 bits per heavy atom. The highest BCUT2D eigenvalue weighted by atomic mass is 16.5. The minimum atomic E-state index is -0.607. The number of hydrazine groups is 1. The molecule has 1 aromatic rings. The van der Waals surface area contributed by atoms with Crippen LogP contribution in [0.2, 0.25) is 0 Å². The van der Waals surface area contributed by atoms with Crippen LogP contribution in [-0.2, 0) is 20.7 Å². The summed E-state index contributed by atoms with van der Waals surface area (Å²) < 4.78 is 5.51. The normalized spacial score (nSPS) is 27.9. The minimum absolute atomic E-state index is 0.0296. The maximum atomic E-state index is 14.5. The van der Waals surface area contributed by atoms with Gasteiger partial charge in [-0.15, -0.1) is 0 Å². The zero-order valence-electron chi connectivity index (χ0n) is 25.0. The van der Waals surface area contributed by atoms with Crippen LogP contribution in [0.15, 0.2) is 0 Å². The molecule has 0 spiro atoms. The van der Waals surface area contributed by atoms with Crippen molar-refractivity contribution in [1.29, 1.82) is 0 Å². The largest absolute Gasteiger partial charge is 0.378 e. The molecule has 11 heteroatoms. The van der Waals surface area contributed by atoms with Crippen LogP contribution in [0, 0.1) is 28.6 Å². The second-order valence-electron chi connectivity index (χ2n) is 12.5. The van der Waals surface area contributed by atoms with Gasteiger partial charge >= 0.3 is 0 Å². The van der Waals surface area contributed by atoms with Gasteiger partial charge in [0.2, 0.25) is 18.3 Å². The van der Waals surface area contributed by atoms with Crippen LogP contribution in [0.4, 0.5) is 11.9 Å². The number of hydrogen-bond donors (Lipinski definition) is 3. The molecule has 2 heterocycles. The van der Waals surface area contributed by atoms with E-state index in [0.717, 1.165) is 63.9 Å². The third-order valence-electron chi connectivity index (χ3n) is 9.61. The zero-order valence-corrected chi connectivity index (χ0v) is 25.0. The predicted molar refractivity (Wildman–Crippen MR) is 153 cm³/mol. The molecule has 3 aliphatic rings. The van der Waals surface area contributed by atoms with Gasteiger partial charge in [-0.25, -0.2) is 10.5 Å². The number of nitrogens with zero attached hydrogens (tertiary/aromatic N) is 5. The first-order valence-electron chi connectivity index (χ1n) is 15.2. The fourth-order valence-electron chi connectivity index (χ4n) is 7.45. The van der Waals surface area contributed by atoms with Gasteiger partial charge in [0.15, 0.2) is 0 Å². The van der Waals surface area contributed by atoms with Gasteiger partial charge in [-0.05, 0) is 42.9 Å². The molecule has 40 heavy (non-hydrogen) atoms. The average Bonchev–Trinajstić information content (AvgIpc) is 3.47. The smallest absolute Gasteiger partial charge is 0.242 e. The summed E-state index contributed by atoms with van der Waals surface area (Å²) in [5.41, 5.74) is 6.02. The number of anilines is 2. The summed E-state index contributed by atoms with van der Waals surface area (Å²) in [6.45, 7) is 13.6. The topological polar surface area (TPSA) is 133 Å². The number of Topliss-reactive ketones (excluding diaryl/α,β-unsaturated/α-hetero) is 1. The van der Waals surface area contributed by atoms with E-state index in [0.29, 0.717) is 43.0 Å². The monoisotopic (exact) mass is 559 g/mol. The molecule has 5 atom stereocenters. The van der Waals surface area contributed by atoms with Crippen molar-refractivity contribution in [3.63, 3.8) is 0 Å². The van der Waals surface area contributed by atoms with Crippen LogP contribution in [0.3, 0.4) is 0 Å². The molecular weight excluding hydrogens is 510 g/mol. The Bertz CT molecular complexity index is 1020. The molecule has 2 aliphatic carbocycles.